The highest BCUT2D eigenvalue weighted by Crippen LogP contribution is 2.44. The fraction of sp³-hybridized carbons (Fsp3) is 0.167. The average molecular weight is 486 g/mol. The number of aromatic nitrogens is 1. The Hall–Kier alpha value is -3.48. The van der Waals surface area contributed by atoms with E-state index in [1.54, 1.807) is 38.5 Å². The van der Waals surface area contributed by atoms with Crippen LogP contribution in [0.4, 0.5) is 22.1 Å². The maximum absolute atomic E-state index is 12.4. The second kappa shape index (κ2) is 8.49. The monoisotopic (exact) mass is 485 g/mol. The van der Waals surface area contributed by atoms with Gasteiger partial charge in [0.2, 0.25) is 5.96 Å². The summed E-state index contributed by atoms with van der Waals surface area (Å²) in [5.41, 5.74) is 13.4. The van der Waals surface area contributed by atoms with Crippen LogP contribution in [-0.4, -0.2) is 35.2 Å². The molecular weight excluding hydrogens is 470 g/mol. The van der Waals surface area contributed by atoms with Gasteiger partial charge in [-0.15, -0.1) is 0 Å². The normalized spacial score (nSPS) is 14.4. The number of nitriles is 2. The molecule has 1 unspecified atom stereocenters. The number of pyridine rings is 1. The Labute approximate surface area is 185 Å². The molecule has 1 aliphatic rings. The highest BCUT2D eigenvalue weighted by Gasteiger charge is 2.31. The number of rotatable bonds is 2. The van der Waals surface area contributed by atoms with Crippen LogP contribution in [0.2, 0.25) is 0 Å². The standard InChI is InChI=1S/C18H16BrN9OS/c1-28(2)18(29)30-11-5-8(19)3-4-9(11)14-12-13(22)10(6-20)15(23)26-16(12)27-17(25-14)24-7-21/h3-5,14H,1-2H3,(H6,22,23,24,25,26,27). The molecule has 1 aromatic carbocycles. The third-order valence-corrected chi connectivity index (χ3v) is 5.80. The predicted octanol–water partition coefficient (Wildman–Crippen LogP) is 2.60. The van der Waals surface area contributed by atoms with Crippen LogP contribution < -0.4 is 22.1 Å². The van der Waals surface area contributed by atoms with E-state index in [1.165, 1.54) is 4.90 Å². The largest absolute Gasteiger partial charge is 0.397 e. The van der Waals surface area contributed by atoms with Gasteiger partial charge in [-0.2, -0.15) is 10.5 Å². The minimum absolute atomic E-state index is 0.0357. The highest BCUT2D eigenvalue weighted by atomic mass is 79.9. The molecule has 0 radical (unpaired) electrons. The second-order valence-corrected chi connectivity index (χ2v) is 8.26. The van der Waals surface area contributed by atoms with Gasteiger partial charge in [0.25, 0.3) is 5.24 Å². The van der Waals surface area contributed by atoms with E-state index in [0.717, 1.165) is 16.2 Å². The molecule has 1 aliphatic heterocycles. The summed E-state index contributed by atoms with van der Waals surface area (Å²) < 4.78 is 0.773. The number of thioether (sulfide) groups is 1. The van der Waals surface area contributed by atoms with E-state index in [2.05, 4.69) is 36.5 Å². The number of carbonyl (C=O) groups excluding carboxylic acids is 1. The highest BCUT2D eigenvalue weighted by molar-refractivity contribution is 9.10. The molecule has 12 heteroatoms. The summed E-state index contributed by atoms with van der Waals surface area (Å²) in [5, 5.41) is 23.6. The lowest BCUT2D eigenvalue weighted by atomic mass is 9.95. The number of guanidine groups is 1. The van der Waals surface area contributed by atoms with Crippen LogP contribution in [0.15, 0.2) is 32.6 Å². The Morgan fingerprint density at radius 2 is 2.10 bits per heavy atom. The number of nitrogens with two attached hydrogens (primary N) is 2. The minimum Gasteiger partial charge on any atom is -0.397 e. The number of carbonyl (C=O) groups is 1. The van der Waals surface area contributed by atoms with Crippen molar-refractivity contribution in [3.63, 3.8) is 0 Å². The molecule has 152 valence electrons. The zero-order valence-corrected chi connectivity index (χ0v) is 18.3. The molecule has 1 atom stereocenters. The molecule has 6 N–H and O–H groups in total. The van der Waals surface area contributed by atoms with Crippen molar-refractivity contribution in [2.24, 2.45) is 4.99 Å². The van der Waals surface area contributed by atoms with Crippen molar-refractivity contribution in [2.75, 3.05) is 30.9 Å². The first kappa shape index (κ1) is 21.2. The van der Waals surface area contributed by atoms with Crippen LogP contribution in [0, 0.1) is 22.8 Å². The van der Waals surface area contributed by atoms with Crippen molar-refractivity contribution in [2.45, 2.75) is 10.9 Å². The number of nitrogen functional groups attached to an aromatic ring is 2. The van der Waals surface area contributed by atoms with Crippen molar-refractivity contribution in [1.82, 2.24) is 15.2 Å². The summed E-state index contributed by atoms with van der Waals surface area (Å²) in [7, 11) is 3.31. The van der Waals surface area contributed by atoms with Gasteiger partial charge in [-0.05, 0) is 29.5 Å². The summed E-state index contributed by atoms with van der Waals surface area (Å²) in [6.07, 6.45) is 1.80. The molecular formula is C18H16BrN9OS. The average Bonchev–Trinajstić information content (AvgIpc) is 2.67. The van der Waals surface area contributed by atoms with Gasteiger partial charge in [0.1, 0.15) is 29.3 Å². The van der Waals surface area contributed by atoms with Crippen molar-refractivity contribution < 1.29 is 4.79 Å². The second-order valence-electron chi connectivity index (χ2n) is 6.35. The van der Waals surface area contributed by atoms with E-state index in [0.29, 0.717) is 16.0 Å². The van der Waals surface area contributed by atoms with Crippen molar-refractivity contribution in [3.05, 3.63) is 39.4 Å². The number of amides is 1. The molecule has 0 fully saturated rings. The maximum Gasteiger partial charge on any atom is 0.285 e. The van der Waals surface area contributed by atoms with Gasteiger partial charge in [0, 0.05) is 29.0 Å². The molecule has 1 aromatic heterocycles. The Morgan fingerprint density at radius 1 is 1.37 bits per heavy atom. The Balaban J connectivity index is 2.25. The van der Waals surface area contributed by atoms with Gasteiger partial charge < -0.3 is 21.7 Å². The predicted molar refractivity (Wildman–Crippen MR) is 119 cm³/mol. The Morgan fingerprint density at radius 3 is 2.73 bits per heavy atom. The van der Waals surface area contributed by atoms with Crippen LogP contribution in [-0.2, 0) is 0 Å². The van der Waals surface area contributed by atoms with E-state index in [-0.39, 0.29) is 34.1 Å². The van der Waals surface area contributed by atoms with Gasteiger partial charge in [-0.1, -0.05) is 22.0 Å². The van der Waals surface area contributed by atoms with Gasteiger partial charge >= 0.3 is 0 Å². The molecule has 10 nitrogen and oxygen atoms in total. The lowest BCUT2D eigenvalue weighted by molar-refractivity contribution is 0.241. The zero-order valence-electron chi connectivity index (χ0n) is 15.9. The van der Waals surface area contributed by atoms with E-state index in [1.807, 2.05) is 6.07 Å². The fourth-order valence-corrected chi connectivity index (χ4v) is 4.18. The van der Waals surface area contributed by atoms with Crippen molar-refractivity contribution in [1.29, 1.82) is 10.5 Å². The fourth-order valence-electron chi connectivity index (χ4n) is 2.81. The van der Waals surface area contributed by atoms with Crippen LogP contribution >= 0.6 is 27.7 Å². The quantitative estimate of drug-likeness (QED) is 0.283. The van der Waals surface area contributed by atoms with Gasteiger partial charge in [0.15, 0.2) is 6.19 Å². The first-order valence-corrected chi connectivity index (χ1v) is 10.0. The summed E-state index contributed by atoms with van der Waals surface area (Å²) in [6, 6.07) is 6.62. The third kappa shape index (κ3) is 3.96. The number of aliphatic imine (C=N–C) groups is 1. The molecule has 2 heterocycles. The number of nitrogens with zero attached hydrogens (tertiary/aromatic N) is 5. The number of nitrogens with one attached hydrogen (secondary N) is 2. The zero-order chi connectivity index (χ0) is 22.0. The van der Waals surface area contributed by atoms with Crippen molar-refractivity contribution >= 4 is 56.2 Å². The molecule has 0 saturated carbocycles. The molecule has 0 spiro atoms. The number of hydrogen-bond acceptors (Lipinski definition) is 10. The van der Waals surface area contributed by atoms with E-state index in [9.17, 15) is 10.1 Å². The molecule has 0 aliphatic carbocycles. The molecule has 2 aromatic rings. The maximum atomic E-state index is 12.4. The lowest BCUT2D eigenvalue weighted by Crippen LogP contribution is -2.33. The molecule has 3 rings (SSSR count). The SMILES string of the molecule is CN(C)C(=O)Sc1cc(Br)ccc1C1N=C(NC#N)Nc2nc(N)c(C#N)c(N)c21. The summed E-state index contributed by atoms with van der Waals surface area (Å²) >= 11 is 4.45. The summed E-state index contributed by atoms with van der Waals surface area (Å²) in [4.78, 5) is 23.2. The van der Waals surface area contributed by atoms with E-state index in [4.69, 9.17) is 16.7 Å². The lowest BCUT2D eigenvalue weighted by Gasteiger charge is -2.27. The van der Waals surface area contributed by atoms with Gasteiger partial charge in [-0.3, -0.25) is 10.1 Å². The summed E-state index contributed by atoms with van der Waals surface area (Å²) in [5.74, 6) is 0.384. The van der Waals surface area contributed by atoms with Crippen LogP contribution in [0.25, 0.3) is 0 Å². The van der Waals surface area contributed by atoms with E-state index < -0.39 is 6.04 Å². The first-order valence-electron chi connectivity index (χ1n) is 8.44. The Bertz CT molecular complexity index is 1150. The smallest absolute Gasteiger partial charge is 0.285 e. The topological polar surface area (TPSA) is 169 Å². The number of benzene rings is 1. The van der Waals surface area contributed by atoms with Crippen LogP contribution in [0.5, 0.6) is 0 Å². The van der Waals surface area contributed by atoms with Crippen molar-refractivity contribution in [3.8, 4) is 12.3 Å². The molecule has 0 saturated heterocycles. The van der Waals surface area contributed by atoms with Gasteiger partial charge in [-0.25, -0.2) is 9.98 Å². The number of fused-ring (bicyclic) bond motifs is 1. The number of halogens is 1. The number of hydrogen-bond donors (Lipinski definition) is 4. The number of anilines is 3. The van der Waals surface area contributed by atoms with E-state index >= 15 is 0 Å². The minimum atomic E-state index is -0.733. The van der Waals surface area contributed by atoms with Gasteiger partial charge in [0.05, 0.1) is 5.69 Å². The first-order chi connectivity index (χ1) is 14.3. The Kier molecular flexibility index (Phi) is 6.01. The molecule has 1 amide bonds. The third-order valence-electron chi connectivity index (χ3n) is 4.19. The van der Waals surface area contributed by atoms with Crippen LogP contribution in [0.1, 0.15) is 22.7 Å². The van der Waals surface area contributed by atoms with Crippen LogP contribution in [0.3, 0.4) is 0 Å². The molecule has 0 bridgehead atoms. The summed E-state index contributed by atoms with van der Waals surface area (Å²) in [6.45, 7) is 0. The molecule has 30 heavy (non-hydrogen) atoms.